The number of benzene rings is 4. The Kier molecular flexibility index (Phi) is 8.25. The van der Waals surface area contributed by atoms with Crippen LogP contribution in [0.1, 0.15) is 43.6 Å². The van der Waals surface area contributed by atoms with E-state index in [4.69, 9.17) is 9.84 Å². The van der Waals surface area contributed by atoms with E-state index >= 15 is 0 Å². The number of ether oxygens (including phenoxy) is 1. The number of nitrogens with zero attached hydrogens (tertiary/aromatic N) is 4. The van der Waals surface area contributed by atoms with Crippen molar-refractivity contribution in [1.82, 2.24) is 19.3 Å². The van der Waals surface area contributed by atoms with Gasteiger partial charge >= 0.3 is 21.1 Å². The van der Waals surface area contributed by atoms with Crippen molar-refractivity contribution >= 4 is 21.8 Å². The third-order valence-electron chi connectivity index (χ3n) is 7.83. The van der Waals surface area contributed by atoms with E-state index in [0.717, 1.165) is 51.0 Å². The Hall–Kier alpha value is -4.47. The van der Waals surface area contributed by atoms with Crippen LogP contribution in [0.15, 0.2) is 103 Å². The Morgan fingerprint density at radius 2 is 1.59 bits per heavy atom. The van der Waals surface area contributed by atoms with Crippen molar-refractivity contribution in [3.05, 3.63) is 132 Å². The molecule has 7 aromatic rings. The molecule has 0 N–H and O–H groups in total. The predicted molar refractivity (Wildman–Crippen MR) is 174 cm³/mol. The van der Waals surface area contributed by atoms with Gasteiger partial charge in [-0.3, -0.25) is 4.68 Å². The first kappa shape index (κ1) is 29.6. The second-order valence-corrected chi connectivity index (χ2v) is 11.1. The Bertz CT molecular complexity index is 2090. The molecule has 220 valence electrons. The average molecular weight is 756 g/mol. The topological polar surface area (TPSA) is 44.9 Å². The first-order chi connectivity index (χ1) is 21.0. The Labute approximate surface area is 272 Å². The SMILES string of the molecule is CCc1nn(-c2[c-]c(Oc3[c-]c4c(cc3)c3ccccc3n4-c3cc(C)ccn3)ccc2)c(C(C)C)c1-c1ccccc1.[Pt+2]. The van der Waals surface area contributed by atoms with Crippen molar-refractivity contribution in [2.45, 2.75) is 40.0 Å². The molecular weight excluding hydrogens is 724 g/mol. The third kappa shape index (κ3) is 5.26. The number of hydrogen-bond acceptors (Lipinski definition) is 3. The molecule has 0 amide bonds. The largest absolute Gasteiger partial charge is 2.00 e. The summed E-state index contributed by atoms with van der Waals surface area (Å²) >= 11 is 0. The van der Waals surface area contributed by atoms with Gasteiger partial charge in [0.25, 0.3) is 0 Å². The first-order valence-corrected chi connectivity index (χ1v) is 14.8. The van der Waals surface area contributed by atoms with Gasteiger partial charge < -0.3 is 9.30 Å². The van der Waals surface area contributed by atoms with Gasteiger partial charge in [0.1, 0.15) is 5.82 Å². The summed E-state index contributed by atoms with van der Waals surface area (Å²) in [6.07, 6.45) is 2.69. The molecule has 7 rings (SSSR count). The molecular formula is C38H32N4OPt. The maximum atomic E-state index is 6.42. The summed E-state index contributed by atoms with van der Waals surface area (Å²) in [5.41, 5.74) is 8.62. The third-order valence-corrected chi connectivity index (χ3v) is 7.83. The minimum absolute atomic E-state index is 0. The Morgan fingerprint density at radius 3 is 2.36 bits per heavy atom. The zero-order valence-corrected chi connectivity index (χ0v) is 27.4. The molecule has 0 radical (unpaired) electrons. The number of rotatable bonds is 7. The van der Waals surface area contributed by atoms with Gasteiger partial charge in [-0.05, 0) is 59.7 Å². The molecule has 0 aliphatic carbocycles. The van der Waals surface area contributed by atoms with Gasteiger partial charge in [0.2, 0.25) is 0 Å². The van der Waals surface area contributed by atoms with Gasteiger partial charge in [0, 0.05) is 28.8 Å². The smallest absolute Gasteiger partial charge is 0.509 e. The van der Waals surface area contributed by atoms with Crippen molar-refractivity contribution in [1.29, 1.82) is 0 Å². The summed E-state index contributed by atoms with van der Waals surface area (Å²) in [6, 6.07) is 40.1. The van der Waals surface area contributed by atoms with Crippen molar-refractivity contribution in [3.63, 3.8) is 0 Å². The monoisotopic (exact) mass is 755 g/mol. The van der Waals surface area contributed by atoms with Crippen LogP contribution >= 0.6 is 0 Å². The number of aromatic nitrogens is 4. The Morgan fingerprint density at radius 1 is 0.818 bits per heavy atom. The van der Waals surface area contributed by atoms with Gasteiger partial charge in [0.05, 0.1) is 11.4 Å². The van der Waals surface area contributed by atoms with Crippen LogP contribution in [-0.2, 0) is 27.5 Å². The molecule has 0 fully saturated rings. The summed E-state index contributed by atoms with van der Waals surface area (Å²) in [7, 11) is 0. The fraction of sp³-hybridized carbons (Fsp3) is 0.158. The van der Waals surface area contributed by atoms with Crippen molar-refractivity contribution in [2.75, 3.05) is 0 Å². The predicted octanol–water partition coefficient (Wildman–Crippen LogP) is 9.42. The van der Waals surface area contributed by atoms with E-state index in [1.54, 1.807) is 0 Å². The summed E-state index contributed by atoms with van der Waals surface area (Å²) in [5, 5.41) is 7.32. The van der Waals surface area contributed by atoms with Gasteiger partial charge in [-0.15, -0.1) is 35.7 Å². The Balaban J connectivity index is 0.00000343. The first-order valence-electron chi connectivity index (χ1n) is 14.8. The van der Waals surface area contributed by atoms with Crippen LogP contribution in [0.3, 0.4) is 0 Å². The van der Waals surface area contributed by atoms with E-state index in [9.17, 15) is 0 Å². The van der Waals surface area contributed by atoms with Gasteiger partial charge in [-0.1, -0.05) is 74.8 Å². The molecule has 0 spiro atoms. The second-order valence-electron chi connectivity index (χ2n) is 11.1. The van der Waals surface area contributed by atoms with E-state index in [-0.39, 0.29) is 27.0 Å². The molecule has 4 aromatic carbocycles. The molecule has 0 bridgehead atoms. The van der Waals surface area contributed by atoms with Gasteiger partial charge in [0.15, 0.2) is 0 Å². The van der Waals surface area contributed by atoms with Crippen LogP contribution in [0, 0.1) is 19.1 Å². The van der Waals surface area contributed by atoms with E-state index < -0.39 is 0 Å². The summed E-state index contributed by atoms with van der Waals surface area (Å²) in [5.74, 6) is 2.33. The molecule has 0 aliphatic rings. The average Bonchev–Trinajstić information content (AvgIpc) is 3.58. The van der Waals surface area contributed by atoms with Crippen LogP contribution in [0.25, 0.3) is 44.4 Å². The molecule has 44 heavy (non-hydrogen) atoms. The maximum Gasteiger partial charge on any atom is 2.00 e. The second kappa shape index (κ2) is 12.3. The zero-order valence-electron chi connectivity index (χ0n) is 25.1. The molecule has 5 nitrogen and oxygen atoms in total. The van der Waals surface area contributed by atoms with Crippen molar-refractivity contribution < 1.29 is 25.8 Å². The molecule has 0 saturated heterocycles. The van der Waals surface area contributed by atoms with Crippen LogP contribution in [0.5, 0.6) is 11.5 Å². The van der Waals surface area contributed by atoms with Crippen LogP contribution in [-0.4, -0.2) is 19.3 Å². The molecule has 3 aromatic heterocycles. The number of aryl methyl sites for hydroxylation is 2. The van der Waals surface area contributed by atoms with E-state index in [1.165, 1.54) is 16.8 Å². The van der Waals surface area contributed by atoms with Gasteiger partial charge in [-0.2, -0.15) is 17.2 Å². The van der Waals surface area contributed by atoms with E-state index in [1.807, 2.05) is 41.2 Å². The summed E-state index contributed by atoms with van der Waals surface area (Å²) in [4.78, 5) is 4.69. The molecule has 0 saturated carbocycles. The number of para-hydroxylation sites is 1. The quantitative estimate of drug-likeness (QED) is 0.152. The minimum Gasteiger partial charge on any atom is -0.509 e. The number of hydrogen-bond donors (Lipinski definition) is 0. The molecule has 0 unspecified atom stereocenters. The van der Waals surface area contributed by atoms with E-state index in [2.05, 4.69) is 116 Å². The molecule has 0 atom stereocenters. The normalized spacial score (nSPS) is 11.3. The summed E-state index contributed by atoms with van der Waals surface area (Å²) in [6.45, 7) is 8.67. The number of pyridine rings is 1. The van der Waals surface area contributed by atoms with Crippen molar-refractivity contribution in [2.24, 2.45) is 0 Å². The van der Waals surface area contributed by atoms with Crippen LogP contribution in [0.4, 0.5) is 0 Å². The fourth-order valence-electron chi connectivity index (χ4n) is 5.91. The van der Waals surface area contributed by atoms with Crippen molar-refractivity contribution in [3.8, 4) is 34.1 Å². The molecule has 3 heterocycles. The fourth-order valence-corrected chi connectivity index (χ4v) is 5.91. The van der Waals surface area contributed by atoms with Crippen LogP contribution in [0.2, 0.25) is 0 Å². The number of fused-ring (bicyclic) bond motifs is 3. The zero-order chi connectivity index (χ0) is 29.5. The minimum atomic E-state index is 0. The maximum absolute atomic E-state index is 6.42. The standard InChI is InChI=1S/C38H32N4O.Pt/c1-5-33-37(27-12-7-6-8-13-27)38(25(2)3)42(40-33)28-14-11-15-29(23-28)43-30-18-19-32-31-16-9-10-17-34(31)41(35(32)24-30)36-22-26(4)20-21-39-36;/h6-22,25H,5H2,1-4H3;/q-2;+2. The van der Waals surface area contributed by atoms with Crippen LogP contribution < -0.4 is 4.74 Å². The molecule has 0 aliphatic heterocycles. The molecule has 6 heteroatoms. The van der Waals surface area contributed by atoms with E-state index in [0.29, 0.717) is 11.5 Å². The summed E-state index contributed by atoms with van der Waals surface area (Å²) < 4.78 is 10.6. The van der Waals surface area contributed by atoms with Gasteiger partial charge in [-0.25, -0.2) is 4.98 Å².